The van der Waals surface area contributed by atoms with Crippen molar-refractivity contribution in [1.29, 1.82) is 0 Å². The molecule has 6 heteroatoms. The molecule has 2 heterocycles. The van der Waals surface area contributed by atoms with Gasteiger partial charge in [-0.2, -0.15) is 0 Å². The number of rotatable bonds is 3. The van der Waals surface area contributed by atoms with Crippen molar-refractivity contribution in [1.82, 2.24) is 0 Å². The first-order chi connectivity index (χ1) is 8.08. The van der Waals surface area contributed by atoms with Crippen molar-refractivity contribution in [3.05, 3.63) is 12.2 Å². The van der Waals surface area contributed by atoms with Gasteiger partial charge in [-0.05, 0) is 13.0 Å². The van der Waals surface area contributed by atoms with Crippen molar-refractivity contribution in [2.75, 3.05) is 13.2 Å². The Bertz CT molecular complexity index is 350. The second kappa shape index (κ2) is 4.95. The van der Waals surface area contributed by atoms with Crippen LogP contribution in [0.2, 0.25) is 0 Å². The van der Waals surface area contributed by atoms with Crippen LogP contribution in [0, 0.1) is 0 Å². The number of fused-ring (bicyclic) bond motifs is 1. The average Bonchev–Trinajstić information content (AvgIpc) is 2.81. The molecule has 4 atom stereocenters. The number of ether oxygens (including phenoxy) is 3. The minimum Gasteiger partial charge on any atom is -0.454 e. The molecule has 17 heavy (non-hydrogen) atoms. The summed E-state index contributed by atoms with van der Waals surface area (Å²) < 4.78 is 15.7. The molecule has 2 rings (SSSR count). The van der Waals surface area contributed by atoms with Gasteiger partial charge in [0.1, 0.15) is 18.3 Å². The van der Waals surface area contributed by atoms with Gasteiger partial charge in [0.15, 0.2) is 11.9 Å². The third-order valence-corrected chi connectivity index (χ3v) is 2.70. The van der Waals surface area contributed by atoms with E-state index >= 15 is 0 Å². The summed E-state index contributed by atoms with van der Waals surface area (Å²) in [6.45, 7) is 1.73. The molecule has 94 valence electrons. The molecule has 0 aromatic rings. The predicted octanol–water partition coefficient (Wildman–Crippen LogP) is -0.798. The zero-order chi connectivity index (χ0) is 12.4. The minimum absolute atomic E-state index is 0.187. The molecule has 0 aromatic carbocycles. The highest BCUT2D eigenvalue weighted by Gasteiger charge is 2.48. The number of hydrogen-bond donors (Lipinski definition) is 1. The van der Waals surface area contributed by atoms with E-state index in [1.165, 1.54) is 6.92 Å². The molecule has 2 aliphatic rings. The van der Waals surface area contributed by atoms with E-state index in [-0.39, 0.29) is 19.0 Å². The van der Waals surface area contributed by atoms with Gasteiger partial charge in [-0.1, -0.05) is 0 Å². The predicted molar refractivity (Wildman–Crippen MR) is 55.2 cm³/mol. The molecule has 1 N–H and O–H groups in total. The van der Waals surface area contributed by atoms with E-state index < -0.39 is 30.4 Å². The molecule has 4 unspecified atom stereocenters. The summed E-state index contributed by atoms with van der Waals surface area (Å²) in [5.41, 5.74) is 0. The number of aliphatic hydroxyl groups is 1. The van der Waals surface area contributed by atoms with Crippen LogP contribution in [-0.2, 0) is 23.8 Å². The van der Waals surface area contributed by atoms with Crippen LogP contribution in [-0.4, -0.2) is 54.5 Å². The molecule has 0 radical (unpaired) electrons. The van der Waals surface area contributed by atoms with Gasteiger partial charge in [-0.15, -0.1) is 0 Å². The van der Waals surface area contributed by atoms with Crippen LogP contribution < -0.4 is 0 Å². The first kappa shape index (κ1) is 12.2. The molecule has 2 saturated heterocycles. The van der Waals surface area contributed by atoms with Crippen LogP contribution in [0.25, 0.3) is 0 Å². The Morgan fingerprint density at radius 1 is 1.24 bits per heavy atom. The van der Waals surface area contributed by atoms with Crippen LogP contribution >= 0.6 is 0 Å². The quantitative estimate of drug-likeness (QED) is 0.515. The molecule has 6 nitrogen and oxygen atoms in total. The van der Waals surface area contributed by atoms with Crippen molar-refractivity contribution in [2.24, 2.45) is 0 Å². The third kappa shape index (κ3) is 2.71. The van der Waals surface area contributed by atoms with Gasteiger partial charge < -0.3 is 19.3 Å². The minimum atomic E-state index is -0.670. The van der Waals surface area contributed by atoms with Crippen molar-refractivity contribution >= 4 is 11.8 Å². The van der Waals surface area contributed by atoms with Crippen LogP contribution in [0.3, 0.4) is 0 Å². The van der Waals surface area contributed by atoms with Crippen LogP contribution in [0.1, 0.15) is 6.92 Å². The molecular formula is C11H14O6. The van der Waals surface area contributed by atoms with Gasteiger partial charge in [0, 0.05) is 6.08 Å². The molecular weight excluding hydrogens is 228 g/mol. The summed E-state index contributed by atoms with van der Waals surface area (Å²) in [7, 11) is 0. The van der Waals surface area contributed by atoms with E-state index in [9.17, 15) is 14.7 Å². The molecule has 0 aliphatic carbocycles. The topological polar surface area (TPSA) is 82.1 Å². The Kier molecular flexibility index (Phi) is 3.56. The lowest BCUT2D eigenvalue weighted by Gasteiger charge is -2.15. The van der Waals surface area contributed by atoms with E-state index in [2.05, 4.69) is 0 Å². The fourth-order valence-corrected chi connectivity index (χ4v) is 1.92. The van der Waals surface area contributed by atoms with Crippen molar-refractivity contribution in [3.63, 3.8) is 0 Å². The van der Waals surface area contributed by atoms with Gasteiger partial charge in [0.2, 0.25) is 0 Å². The van der Waals surface area contributed by atoms with Crippen LogP contribution in [0.5, 0.6) is 0 Å². The molecule has 0 amide bonds. The Morgan fingerprint density at radius 3 is 2.65 bits per heavy atom. The fraction of sp³-hybridized carbons (Fsp3) is 0.636. The van der Waals surface area contributed by atoms with Crippen molar-refractivity contribution in [2.45, 2.75) is 31.3 Å². The zero-order valence-electron chi connectivity index (χ0n) is 9.37. The molecule has 0 aromatic heterocycles. The Hall–Kier alpha value is -1.24. The second-order valence-electron chi connectivity index (χ2n) is 4.08. The molecule has 2 aliphatic heterocycles. The first-order valence-corrected chi connectivity index (χ1v) is 5.38. The molecule has 2 fully saturated rings. The summed E-state index contributed by atoms with van der Waals surface area (Å²) in [5, 5.41) is 9.48. The highest BCUT2D eigenvalue weighted by molar-refractivity contribution is 5.94. The lowest BCUT2D eigenvalue weighted by Crippen LogP contribution is -2.33. The summed E-state index contributed by atoms with van der Waals surface area (Å²) >= 11 is 0. The lowest BCUT2D eigenvalue weighted by atomic mass is 10.1. The number of allylic oxidation sites excluding steroid dienone is 1. The number of carbonyl (C=O) groups is 2. The highest BCUT2D eigenvalue weighted by atomic mass is 16.6. The van der Waals surface area contributed by atoms with E-state index in [4.69, 9.17) is 14.2 Å². The highest BCUT2D eigenvalue weighted by Crippen LogP contribution is 2.28. The molecule has 0 saturated carbocycles. The van der Waals surface area contributed by atoms with Crippen LogP contribution in [0.15, 0.2) is 12.2 Å². The Balaban J connectivity index is 1.88. The smallest absolute Gasteiger partial charge is 0.331 e. The summed E-state index contributed by atoms with van der Waals surface area (Å²) in [6, 6.07) is 0. The third-order valence-electron chi connectivity index (χ3n) is 2.70. The number of esters is 1. The van der Waals surface area contributed by atoms with Gasteiger partial charge in [-0.3, -0.25) is 4.79 Å². The molecule has 0 bridgehead atoms. The van der Waals surface area contributed by atoms with E-state index in [1.807, 2.05) is 0 Å². The fourth-order valence-electron chi connectivity index (χ4n) is 1.92. The van der Waals surface area contributed by atoms with Crippen LogP contribution in [0.4, 0.5) is 0 Å². The number of hydrogen-bond acceptors (Lipinski definition) is 6. The van der Waals surface area contributed by atoms with E-state index in [1.54, 1.807) is 0 Å². The monoisotopic (exact) mass is 242 g/mol. The second-order valence-corrected chi connectivity index (χ2v) is 4.08. The standard InChI is InChI=1S/C11H14O6/c1-6(12)2-3-9(14)17-8-5-16-10-7(13)4-15-11(8)10/h2-3,7-8,10-11,13H,4-5H2,1H3/b3-2+. The summed E-state index contributed by atoms with van der Waals surface area (Å²) in [6.07, 6.45) is 0.170. The lowest BCUT2D eigenvalue weighted by molar-refractivity contribution is -0.147. The summed E-state index contributed by atoms with van der Waals surface area (Å²) in [5.74, 6) is -0.838. The van der Waals surface area contributed by atoms with Crippen molar-refractivity contribution < 1.29 is 28.9 Å². The normalized spacial score (nSPS) is 36.1. The molecule has 0 spiro atoms. The van der Waals surface area contributed by atoms with E-state index in [0.717, 1.165) is 12.2 Å². The van der Waals surface area contributed by atoms with E-state index in [0.29, 0.717) is 0 Å². The Labute approximate surface area is 98.1 Å². The van der Waals surface area contributed by atoms with Crippen molar-refractivity contribution in [3.8, 4) is 0 Å². The summed E-state index contributed by atoms with van der Waals surface area (Å²) in [4.78, 5) is 22.0. The SMILES string of the molecule is CC(=O)/C=C/C(=O)OC1COC2C(O)COC12. The number of aliphatic hydroxyl groups excluding tert-OH is 1. The number of carbonyl (C=O) groups excluding carboxylic acids is 2. The Morgan fingerprint density at radius 2 is 1.94 bits per heavy atom. The van der Waals surface area contributed by atoms with Gasteiger partial charge >= 0.3 is 5.97 Å². The maximum absolute atomic E-state index is 11.3. The average molecular weight is 242 g/mol. The first-order valence-electron chi connectivity index (χ1n) is 5.38. The largest absolute Gasteiger partial charge is 0.454 e. The van der Waals surface area contributed by atoms with Gasteiger partial charge in [-0.25, -0.2) is 4.79 Å². The zero-order valence-corrected chi connectivity index (χ0v) is 9.37. The maximum Gasteiger partial charge on any atom is 0.331 e. The number of ketones is 1. The van der Waals surface area contributed by atoms with Gasteiger partial charge in [0.25, 0.3) is 0 Å². The maximum atomic E-state index is 11.3. The van der Waals surface area contributed by atoms with Gasteiger partial charge in [0.05, 0.1) is 13.2 Å².